The first kappa shape index (κ1) is 19.4. The average molecular weight is 354 g/mol. The van der Waals surface area contributed by atoms with Crippen molar-refractivity contribution in [2.45, 2.75) is 12.5 Å². The van der Waals surface area contributed by atoms with Crippen molar-refractivity contribution in [1.29, 1.82) is 0 Å². The quantitative estimate of drug-likeness (QED) is 0.888. The molecule has 1 fully saturated rings. The molecule has 3 rings (SSSR count). The number of hydrogen-bond donors (Lipinski definition) is 2. The van der Waals surface area contributed by atoms with Crippen molar-refractivity contribution >= 4 is 30.7 Å². The van der Waals surface area contributed by atoms with E-state index in [0.717, 1.165) is 30.6 Å². The number of hydrogen-bond acceptors (Lipinski definition) is 3. The molecule has 0 aliphatic carbocycles. The molecule has 2 heterocycles. The second-order valence-electron chi connectivity index (χ2n) is 5.32. The Bertz CT molecular complexity index is 550. The highest BCUT2D eigenvalue weighted by Crippen LogP contribution is 2.22. The summed E-state index contributed by atoms with van der Waals surface area (Å²) in [5.74, 6) is 0.184. The maximum Gasteiger partial charge on any atom is 0.225 e. The summed E-state index contributed by atoms with van der Waals surface area (Å²) in [7, 11) is 0. The molecule has 1 aromatic heterocycles. The van der Waals surface area contributed by atoms with Crippen molar-refractivity contribution in [3.05, 3.63) is 66.0 Å². The van der Waals surface area contributed by atoms with Crippen LogP contribution < -0.4 is 10.6 Å². The lowest BCUT2D eigenvalue weighted by Gasteiger charge is -2.21. The van der Waals surface area contributed by atoms with Crippen LogP contribution in [0.1, 0.15) is 23.6 Å². The van der Waals surface area contributed by atoms with E-state index in [2.05, 4.69) is 15.6 Å². The summed E-state index contributed by atoms with van der Waals surface area (Å²) >= 11 is 0. The zero-order valence-corrected chi connectivity index (χ0v) is 14.3. The maximum absolute atomic E-state index is 12.4. The van der Waals surface area contributed by atoms with E-state index in [1.807, 2.05) is 42.5 Å². The van der Waals surface area contributed by atoms with Gasteiger partial charge in [-0.15, -0.1) is 24.8 Å². The van der Waals surface area contributed by atoms with Gasteiger partial charge in [0.15, 0.2) is 0 Å². The third-order valence-electron chi connectivity index (χ3n) is 3.89. The molecule has 23 heavy (non-hydrogen) atoms. The van der Waals surface area contributed by atoms with Crippen LogP contribution in [-0.4, -0.2) is 24.0 Å². The van der Waals surface area contributed by atoms with Gasteiger partial charge in [0.05, 0.1) is 12.0 Å². The van der Waals surface area contributed by atoms with Crippen molar-refractivity contribution in [3.63, 3.8) is 0 Å². The van der Waals surface area contributed by atoms with Gasteiger partial charge < -0.3 is 10.6 Å². The third kappa shape index (κ3) is 4.93. The molecule has 2 aromatic rings. The Morgan fingerprint density at radius 2 is 1.74 bits per heavy atom. The molecule has 0 bridgehead atoms. The van der Waals surface area contributed by atoms with Gasteiger partial charge in [-0.25, -0.2) is 0 Å². The molecule has 2 atom stereocenters. The largest absolute Gasteiger partial charge is 0.345 e. The summed E-state index contributed by atoms with van der Waals surface area (Å²) in [5.41, 5.74) is 2.14. The molecule has 1 amide bonds. The van der Waals surface area contributed by atoms with E-state index in [-0.39, 0.29) is 42.7 Å². The van der Waals surface area contributed by atoms with Gasteiger partial charge in [0.1, 0.15) is 0 Å². The number of amides is 1. The molecule has 0 spiro atoms. The summed E-state index contributed by atoms with van der Waals surface area (Å²) in [4.78, 5) is 16.5. The lowest BCUT2D eigenvalue weighted by atomic mass is 9.98. The minimum atomic E-state index is -0.123. The van der Waals surface area contributed by atoms with Crippen LogP contribution in [0.2, 0.25) is 0 Å². The van der Waals surface area contributed by atoms with Gasteiger partial charge >= 0.3 is 0 Å². The third-order valence-corrected chi connectivity index (χ3v) is 3.89. The van der Waals surface area contributed by atoms with E-state index in [1.165, 1.54) is 0 Å². The number of benzene rings is 1. The number of rotatable bonds is 4. The van der Waals surface area contributed by atoms with Crippen molar-refractivity contribution < 1.29 is 4.79 Å². The molecule has 1 aromatic carbocycles. The smallest absolute Gasteiger partial charge is 0.225 e. The van der Waals surface area contributed by atoms with Crippen LogP contribution >= 0.6 is 24.8 Å². The molecule has 4 nitrogen and oxygen atoms in total. The Morgan fingerprint density at radius 3 is 2.35 bits per heavy atom. The number of halogens is 2. The normalized spacial score (nSPS) is 17.5. The molecule has 6 heteroatoms. The predicted octanol–water partition coefficient (Wildman–Crippen LogP) is 2.74. The van der Waals surface area contributed by atoms with Gasteiger partial charge in [-0.1, -0.05) is 30.3 Å². The minimum absolute atomic E-state index is 0. The molecule has 1 aliphatic rings. The predicted molar refractivity (Wildman–Crippen MR) is 96.1 cm³/mol. The standard InChI is InChI=1S/C17H19N3O.2ClH/c21-17(15-8-11-19-12-15)20-16(13-4-2-1-3-5-13)14-6-9-18-10-7-14;;/h1-7,9-10,15-16,19H,8,11-12H2,(H,20,21);2*1H. The van der Waals surface area contributed by atoms with E-state index in [9.17, 15) is 4.79 Å². The van der Waals surface area contributed by atoms with Crippen molar-refractivity contribution in [1.82, 2.24) is 15.6 Å². The number of nitrogens with one attached hydrogen (secondary N) is 2. The van der Waals surface area contributed by atoms with Gasteiger partial charge in [0, 0.05) is 18.9 Å². The van der Waals surface area contributed by atoms with Gasteiger partial charge in [-0.2, -0.15) is 0 Å². The summed E-state index contributed by atoms with van der Waals surface area (Å²) < 4.78 is 0. The lowest BCUT2D eigenvalue weighted by Crippen LogP contribution is -2.35. The van der Waals surface area contributed by atoms with Crippen LogP contribution in [0.4, 0.5) is 0 Å². The van der Waals surface area contributed by atoms with E-state index in [0.29, 0.717) is 0 Å². The molecule has 1 saturated heterocycles. The number of carbonyl (C=O) groups is 1. The second-order valence-corrected chi connectivity index (χ2v) is 5.32. The Balaban J connectivity index is 0.00000132. The highest BCUT2D eigenvalue weighted by molar-refractivity contribution is 5.85. The number of carbonyl (C=O) groups excluding carboxylic acids is 1. The van der Waals surface area contributed by atoms with E-state index < -0.39 is 0 Å². The summed E-state index contributed by atoms with van der Waals surface area (Å²) in [6, 6.07) is 13.8. The van der Waals surface area contributed by atoms with Crippen molar-refractivity contribution in [3.8, 4) is 0 Å². The zero-order valence-electron chi connectivity index (χ0n) is 12.6. The van der Waals surface area contributed by atoms with Crippen LogP contribution in [0.5, 0.6) is 0 Å². The van der Waals surface area contributed by atoms with Crippen molar-refractivity contribution in [2.75, 3.05) is 13.1 Å². The summed E-state index contributed by atoms with van der Waals surface area (Å²) in [6.07, 6.45) is 4.42. The van der Waals surface area contributed by atoms with E-state index in [1.54, 1.807) is 12.4 Å². The fourth-order valence-electron chi connectivity index (χ4n) is 2.70. The molecular weight excluding hydrogens is 333 g/mol. The second kappa shape index (κ2) is 9.50. The Kier molecular flexibility index (Phi) is 8.03. The SMILES string of the molecule is Cl.Cl.O=C(NC(c1ccccc1)c1ccncc1)C1CCNC1. The van der Waals surface area contributed by atoms with Crippen molar-refractivity contribution in [2.24, 2.45) is 5.92 Å². The van der Waals surface area contributed by atoms with Crippen LogP contribution in [0.15, 0.2) is 54.9 Å². The molecular formula is C17H21Cl2N3O. The van der Waals surface area contributed by atoms with Gasteiger partial charge in [0.25, 0.3) is 0 Å². The monoisotopic (exact) mass is 353 g/mol. The first-order valence-electron chi connectivity index (χ1n) is 7.30. The maximum atomic E-state index is 12.4. The van der Waals surface area contributed by atoms with Gasteiger partial charge in [-0.3, -0.25) is 9.78 Å². The lowest BCUT2D eigenvalue weighted by molar-refractivity contribution is -0.124. The number of pyridine rings is 1. The molecule has 2 N–H and O–H groups in total. The van der Waals surface area contributed by atoms with Gasteiger partial charge in [0.2, 0.25) is 5.91 Å². The molecule has 1 aliphatic heterocycles. The highest BCUT2D eigenvalue weighted by Gasteiger charge is 2.25. The summed E-state index contributed by atoms with van der Waals surface area (Å²) in [6.45, 7) is 1.69. The first-order chi connectivity index (χ1) is 10.3. The van der Waals surface area contributed by atoms with Crippen LogP contribution in [0.3, 0.4) is 0 Å². The molecule has 124 valence electrons. The Labute approximate surface area is 148 Å². The highest BCUT2D eigenvalue weighted by atomic mass is 35.5. The van der Waals surface area contributed by atoms with Crippen LogP contribution in [0.25, 0.3) is 0 Å². The molecule has 2 unspecified atom stereocenters. The topological polar surface area (TPSA) is 54.0 Å². The Morgan fingerprint density at radius 1 is 1.09 bits per heavy atom. The van der Waals surface area contributed by atoms with Crippen LogP contribution in [-0.2, 0) is 4.79 Å². The molecule has 0 saturated carbocycles. The number of aromatic nitrogens is 1. The molecule has 0 radical (unpaired) electrons. The van der Waals surface area contributed by atoms with Gasteiger partial charge in [-0.05, 0) is 36.2 Å². The zero-order chi connectivity index (χ0) is 14.5. The average Bonchev–Trinajstić information content (AvgIpc) is 3.09. The van der Waals surface area contributed by atoms with E-state index in [4.69, 9.17) is 0 Å². The summed E-state index contributed by atoms with van der Waals surface area (Å²) in [5, 5.41) is 6.42. The van der Waals surface area contributed by atoms with Crippen LogP contribution in [0, 0.1) is 5.92 Å². The fraction of sp³-hybridized carbons (Fsp3) is 0.294. The Hall–Kier alpha value is -1.62. The number of nitrogens with zero attached hydrogens (tertiary/aromatic N) is 1. The fourth-order valence-corrected chi connectivity index (χ4v) is 2.70. The minimum Gasteiger partial charge on any atom is -0.345 e. The first-order valence-corrected chi connectivity index (χ1v) is 7.30. The van der Waals surface area contributed by atoms with E-state index >= 15 is 0 Å².